The molecule has 4 rings (SSSR count). The van der Waals surface area contributed by atoms with Crippen LogP contribution in [0.2, 0.25) is 0 Å². The average molecular weight is 523 g/mol. The zero-order valence-electron chi connectivity index (χ0n) is 23.2. The predicted molar refractivity (Wildman–Crippen MR) is 144 cm³/mol. The van der Waals surface area contributed by atoms with Crippen LogP contribution in [0.5, 0.6) is 17.2 Å². The first-order valence-corrected chi connectivity index (χ1v) is 12.9. The van der Waals surface area contributed by atoms with Crippen LogP contribution in [0.1, 0.15) is 50.6 Å². The van der Waals surface area contributed by atoms with Crippen LogP contribution in [0.25, 0.3) is 11.4 Å². The Kier molecular flexibility index (Phi) is 8.56. The van der Waals surface area contributed by atoms with Gasteiger partial charge in [0.15, 0.2) is 11.5 Å². The van der Waals surface area contributed by atoms with Crippen LogP contribution in [0.3, 0.4) is 0 Å². The quantitative estimate of drug-likeness (QED) is 0.436. The zero-order chi connectivity index (χ0) is 27.3. The molecule has 38 heavy (non-hydrogen) atoms. The summed E-state index contributed by atoms with van der Waals surface area (Å²) in [6.07, 6.45) is 1.77. The third-order valence-electron chi connectivity index (χ3n) is 6.90. The molecule has 1 aromatic heterocycles. The summed E-state index contributed by atoms with van der Waals surface area (Å²) >= 11 is 0. The van der Waals surface area contributed by atoms with E-state index in [4.69, 9.17) is 18.7 Å². The maximum absolute atomic E-state index is 13.0. The van der Waals surface area contributed by atoms with Crippen molar-refractivity contribution in [2.24, 2.45) is 5.92 Å². The van der Waals surface area contributed by atoms with Gasteiger partial charge >= 0.3 is 0 Å². The Bertz CT molecular complexity index is 1210. The van der Waals surface area contributed by atoms with Crippen LogP contribution in [0.4, 0.5) is 0 Å². The van der Waals surface area contributed by atoms with Crippen LogP contribution in [-0.4, -0.2) is 55.4 Å². The fourth-order valence-electron chi connectivity index (χ4n) is 4.73. The first kappa shape index (κ1) is 27.4. The van der Waals surface area contributed by atoms with Gasteiger partial charge in [-0.05, 0) is 48.1 Å². The van der Waals surface area contributed by atoms with Gasteiger partial charge in [-0.3, -0.25) is 9.69 Å². The molecular formula is C29H38N4O5. The number of piperidine rings is 1. The number of carbonyl (C=O) groups excluding carboxylic acids is 1. The van der Waals surface area contributed by atoms with Gasteiger partial charge in [0.05, 0.1) is 33.8 Å². The van der Waals surface area contributed by atoms with Gasteiger partial charge in [0.25, 0.3) is 0 Å². The largest absolute Gasteiger partial charge is 0.493 e. The van der Waals surface area contributed by atoms with Crippen molar-refractivity contribution < 1.29 is 23.5 Å². The summed E-state index contributed by atoms with van der Waals surface area (Å²) in [6, 6.07) is 12.0. The lowest BCUT2D eigenvalue weighted by molar-refractivity contribution is -0.127. The molecular weight excluding hydrogens is 484 g/mol. The highest BCUT2D eigenvalue weighted by Crippen LogP contribution is 2.38. The molecule has 0 spiro atoms. The molecule has 1 N–H and O–H groups in total. The van der Waals surface area contributed by atoms with Gasteiger partial charge in [-0.15, -0.1) is 0 Å². The van der Waals surface area contributed by atoms with E-state index in [1.807, 2.05) is 24.3 Å². The Labute approximate surface area is 224 Å². The van der Waals surface area contributed by atoms with E-state index in [0.29, 0.717) is 48.6 Å². The molecule has 1 aliphatic rings. The Morgan fingerprint density at radius 3 is 2.37 bits per heavy atom. The van der Waals surface area contributed by atoms with E-state index in [1.165, 1.54) is 5.56 Å². The third kappa shape index (κ3) is 6.45. The lowest BCUT2D eigenvalue weighted by Crippen LogP contribution is -2.42. The summed E-state index contributed by atoms with van der Waals surface area (Å²) in [6.45, 7) is 8.97. The van der Waals surface area contributed by atoms with Crippen molar-refractivity contribution >= 4 is 5.91 Å². The first-order valence-electron chi connectivity index (χ1n) is 12.9. The van der Waals surface area contributed by atoms with Crippen molar-refractivity contribution in [3.8, 4) is 28.6 Å². The van der Waals surface area contributed by atoms with E-state index >= 15 is 0 Å². The first-order chi connectivity index (χ1) is 18.2. The van der Waals surface area contributed by atoms with Crippen LogP contribution in [0, 0.1) is 5.92 Å². The predicted octanol–water partition coefficient (Wildman–Crippen LogP) is 4.59. The molecule has 204 valence electrons. The number of ether oxygens (including phenoxy) is 3. The molecule has 1 fully saturated rings. The van der Waals surface area contributed by atoms with Crippen molar-refractivity contribution in [2.75, 3.05) is 34.4 Å². The molecule has 1 saturated heterocycles. The van der Waals surface area contributed by atoms with Crippen LogP contribution in [0.15, 0.2) is 40.9 Å². The fourth-order valence-corrected chi connectivity index (χ4v) is 4.73. The van der Waals surface area contributed by atoms with E-state index in [-0.39, 0.29) is 17.2 Å². The van der Waals surface area contributed by atoms with E-state index in [1.54, 1.807) is 21.3 Å². The lowest BCUT2D eigenvalue weighted by Gasteiger charge is -2.30. The number of rotatable bonds is 9. The lowest BCUT2D eigenvalue weighted by atomic mass is 9.87. The summed E-state index contributed by atoms with van der Waals surface area (Å²) in [7, 11) is 4.71. The minimum atomic E-state index is -0.113. The highest BCUT2D eigenvalue weighted by atomic mass is 16.5. The number of nitrogens with one attached hydrogen (secondary N) is 1. The summed E-state index contributed by atoms with van der Waals surface area (Å²) in [5.74, 6) is 2.69. The smallest absolute Gasteiger partial charge is 0.241 e. The van der Waals surface area contributed by atoms with E-state index in [2.05, 4.69) is 53.3 Å². The molecule has 1 amide bonds. The second-order valence-electron chi connectivity index (χ2n) is 10.7. The van der Waals surface area contributed by atoms with Crippen molar-refractivity contribution in [3.05, 3.63) is 53.4 Å². The van der Waals surface area contributed by atoms with Crippen LogP contribution >= 0.6 is 0 Å². The molecule has 0 saturated carbocycles. The minimum absolute atomic E-state index is 0.0219. The Morgan fingerprint density at radius 1 is 1.08 bits per heavy atom. The maximum atomic E-state index is 13.0. The molecule has 0 radical (unpaired) electrons. The number of methoxy groups -OCH3 is 3. The molecule has 9 heteroatoms. The van der Waals surface area contributed by atoms with Gasteiger partial charge in [-0.2, -0.15) is 4.98 Å². The van der Waals surface area contributed by atoms with Crippen LogP contribution < -0.4 is 19.5 Å². The molecule has 0 bridgehead atoms. The molecule has 1 atom stereocenters. The van der Waals surface area contributed by atoms with Crippen LogP contribution in [-0.2, 0) is 23.3 Å². The highest BCUT2D eigenvalue weighted by molar-refractivity contribution is 5.79. The zero-order valence-corrected chi connectivity index (χ0v) is 23.2. The molecule has 1 unspecified atom stereocenters. The van der Waals surface area contributed by atoms with Crippen molar-refractivity contribution in [3.63, 3.8) is 0 Å². The number of aromatic nitrogens is 2. The van der Waals surface area contributed by atoms with Gasteiger partial charge in [-0.25, -0.2) is 0 Å². The summed E-state index contributed by atoms with van der Waals surface area (Å²) < 4.78 is 21.8. The molecule has 3 aromatic rings. The van der Waals surface area contributed by atoms with Crippen molar-refractivity contribution in [1.29, 1.82) is 0 Å². The number of carbonyl (C=O) groups is 1. The second kappa shape index (κ2) is 11.9. The number of hydrogen-bond acceptors (Lipinski definition) is 8. The van der Waals surface area contributed by atoms with Gasteiger partial charge in [-0.1, -0.05) is 50.2 Å². The van der Waals surface area contributed by atoms with Gasteiger partial charge in [0, 0.05) is 18.7 Å². The molecule has 2 aromatic carbocycles. The SMILES string of the molecule is COc1cc(CNC(=O)C2CCCN(Cc3nc(-c4ccc(C(C)(C)C)cc4)no3)C2)cc(OC)c1OC. The Balaban J connectivity index is 1.33. The average Bonchev–Trinajstić information content (AvgIpc) is 3.39. The topological polar surface area (TPSA) is 99.0 Å². The van der Waals surface area contributed by atoms with Gasteiger partial charge < -0.3 is 24.1 Å². The molecule has 9 nitrogen and oxygen atoms in total. The Morgan fingerprint density at radius 2 is 1.76 bits per heavy atom. The summed E-state index contributed by atoms with van der Waals surface area (Å²) in [5.41, 5.74) is 3.14. The van der Waals surface area contributed by atoms with Crippen molar-refractivity contribution in [2.45, 2.75) is 52.1 Å². The number of amides is 1. The van der Waals surface area contributed by atoms with Gasteiger partial charge in [0.1, 0.15) is 0 Å². The fraction of sp³-hybridized carbons (Fsp3) is 0.483. The maximum Gasteiger partial charge on any atom is 0.241 e. The van der Waals surface area contributed by atoms with E-state index in [0.717, 1.165) is 30.5 Å². The number of nitrogens with zero attached hydrogens (tertiary/aromatic N) is 3. The third-order valence-corrected chi connectivity index (χ3v) is 6.90. The second-order valence-corrected chi connectivity index (χ2v) is 10.7. The Hall–Kier alpha value is -3.59. The molecule has 2 heterocycles. The number of likely N-dealkylation sites (tertiary alicyclic amines) is 1. The minimum Gasteiger partial charge on any atom is -0.493 e. The molecule has 1 aliphatic heterocycles. The normalized spacial score (nSPS) is 16.2. The number of benzene rings is 2. The van der Waals surface area contributed by atoms with Crippen molar-refractivity contribution in [1.82, 2.24) is 20.4 Å². The monoisotopic (exact) mass is 522 g/mol. The van der Waals surface area contributed by atoms with E-state index in [9.17, 15) is 4.79 Å². The summed E-state index contributed by atoms with van der Waals surface area (Å²) in [5, 5.41) is 7.24. The number of hydrogen-bond donors (Lipinski definition) is 1. The molecule has 0 aliphatic carbocycles. The van der Waals surface area contributed by atoms with Gasteiger partial charge in [0.2, 0.25) is 23.4 Å². The van der Waals surface area contributed by atoms with E-state index < -0.39 is 0 Å². The summed E-state index contributed by atoms with van der Waals surface area (Å²) in [4.78, 5) is 19.8. The highest BCUT2D eigenvalue weighted by Gasteiger charge is 2.27. The standard InChI is InChI=1S/C29H38N4O5/c1-29(2,3)22-11-9-20(10-12-22)27-31-25(38-32-27)18-33-13-7-8-21(17-33)28(34)30-16-19-14-23(35-4)26(37-6)24(15-19)36-5/h9-12,14-15,21H,7-8,13,16-18H2,1-6H3,(H,30,34).